The molecule has 8 heteroatoms. The van der Waals surface area contributed by atoms with Gasteiger partial charge < -0.3 is 29.2 Å². The molecule has 2 aliphatic heterocycles. The highest BCUT2D eigenvalue weighted by Crippen LogP contribution is 2.89. The molecule has 2 saturated heterocycles. The van der Waals surface area contributed by atoms with Crippen LogP contribution in [-0.4, -0.2) is 89.7 Å². The summed E-state index contributed by atoms with van der Waals surface area (Å²) in [5.74, 6) is 1.14. The molecule has 5 saturated carbocycles. The summed E-state index contributed by atoms with van der Waals surface area (Å²) in [5.41, 5.74) is -0.676. The maximum Gasteiger partial charge on any atom is 0.303 e. The van der Waals surface area contributed by atoms with Gasteiger partial charge in [0.05, 0.1) is 36.6 Å². The Hall–Kier alpha value is -0.770. The molecule has 0 amide bonds. The Kier molecular flexibility index (Phi) is 8.67. The lowest BCUT2D eigenvalue weighted by atomic mass is 9.41. The van der Waals surface area contributed by atoms with Gasteiger partial charge in [-0.25, -0.2) is 0 Å². The number of hydrogen-bond donors (Lipinski definition) is 2. The average molecular weight is 688 g/mol. The molecular weight excluding hydrogens is 618 g/mol. The van der Waals surface area contributed by atoms with Gasteiger partial charge in [-0.05, 0) is 116 Å². The van der Waals surface area contributed by atoms with E-state index >= 15 is 0 Å². The SMILES string of the molecule is CC(=O)O[C@@H]([C@H]1C[C@@H](C)C2[C@H](O1)[C@H](O)[C@@]1(C)[C@@H]3CC[C@H]4C(C)(C)[C@@H](O[C@H]5CN(CC(C)(C)C)CCO5)CC[C@@]45C[C@@]35CC[C@]21C)C(C)(C)O. The van der Waals surface area contributed by atoms with Gasteiger partial charge >= 0.3 is 5.97 Å². The summed E-state index contributed by atoms with van der Waals surface area (Å²) >= 11 is 0. The molecule has 0 aromatic heterocycles. The largest absolute Gasteiger partial charge is 0.457 e. The first-order valence-corrected chi connectivity index (χ1v) is 19.8. The monoisotopic (exact) mass is 688 g/mol. The van der Waals surface area contributed by atoms with Crippen molar-refractivity contribution in [3.05, 3.63) is 0 Å². The van der Waals surface area contributed by atoms with Crippen LogP contribution >= 0.6 is 0 Å². The predicted molar refractivity (Wildman–Crippen MR) is 188 cm³/mol. The average Bonchev–Trinajstić information content (AvgIpc) is 3.61. The highest BCUT2D eigenvalue weighted by Gasteiger charge is 2.84. The smallest absolute Gasteiger partial charge is 0.303 e. The molecule has 0 aromatic carbocycles. The number of fused-ring (bicyclic) bond motifs is 4. The highest BCUT2D eigenvalue weighted by molar-refractivity contribution is 5.66. The summed E-state index contributed by atoms with van der Waals surface area (Å²) in [5, 5.41) is 23.6. The number of aliphatic hydroxyl groups excluding tert-OH is 1. The number of carbonyl (C=O) groups excluding carboxylic acids is 1. The van der Waals surface area contributed by atoms with Crippen LogP contribution in [0, 0.1) is 56.2 Å². The van der Waals surface area contributed by atoms with Crippen LogP contribution in [0.25, 0.3) is 0 Å². The van der Waals surface area contributed by atoms with E-state index in [2.05, 4.69) is 60.3 Å². The van der Waals surface area contributed by atoms with Crippen molar-refractivity contribution in [2.45, 2.75) is 170 Å². The minimum atomic E-state index is -1.25. The molecule has 280 valence electrons. The van der Waals surface area contributed by atoms with Crippen LogP contribution in [0.5, 0.6) is 0 Å². The van der Waals surface area contributed by atoms with Gasteiger partial charge in [0.25, 0.3) is 0 Å². The summed E-state index contributed by atoms with van der Waals surface area (Å²) < 4.78 is 25.8. The zero-order valence-corrected chi connectivity index (χ0v) is 32.6. The molecule has 7 aliphatic rings. The van der Waals surface area contributed by atoms with Crippen LogP contribution in [0.1, 0.15) is 128 Å². The summed E-state index contributed by atoms with van der Waals surface area (Å²) in [4.78, 5) is 14.6. The Bertz CT molecular complexity index is 1290. The molecule has 2 heterocycles. The molecule has 14 atom stereocenters. The Labute approximate surface area is 296 Å². The van der Waals surface area contributed by atoms with Gasteiger partial charge in [-0.3, -0.25) is 9.69 Å². The van der Waals surface area contributed by atoms with Gasteiger partial charge in [0.1, 0.15) is 0 Å². The fraction of sp³-hybridized carbons (Fsp3) is 0.976. The zero-order chi connectivity index (χ0) is 35.7. The van der Waals surface area contributed by atoms with Crippen molar-refractivity contribution in [1.82, 2.24) is 4.90 Å². The molecule has 49 heavy (non-hydrogen) atoms. The first kappa shape index (κ1) is 36.6. The number of hydrogen-bond acceptors (Lipinski definition) is 8. The maximum atomic E-state index is 12.6. The third-order valence-electron chi connectivity index (χ3n) is 16.2. The van der Waals surface area contributed by atoms with E-state index in [1.165, 1.54) is 32.6 Å². The van der Waals surface area contributed by atoms with Crippen molar-refractivity contribution in [1.29, 1.82) is 0 Å². The van der Waals surface area contributed by atoms with Crippen molar-refractivity contribution in [2.24, 2.45) is 56.2 Å². The molecule has 0 radical (unpaired) electrons. The normalized spacial score (nSPS) is 49.9. The van der Waals surface area contributed by atoms with E-state index < -0.39 is 29.9 Å². The zero-order valence-electron chi connectivity index (χ0n) is 32.6. The Balaban J connectivity index is 1.11. The third kappa shape index (κ3) is 5.36. The van der Waals surface area contributed by atoms with E-state index in [1.807, 2.05) is 0 Å². The first-order chi connectivity index (χ1) is 22.6. The highest BCUT2D eigenvalue weighted by atomic mass is 16.7. The number of ether oxygens (including phenoxy) is 4. The molecule has 2 spiro atoms. The fourth-order valence-corrected chi connectivity index (χ4v) is 14.4. The number of nitrogens with zero attached hydrogens (tertiary/aromatic N) is 1. The molecule has 0 bridgehead atoms. The molecule has 7 rings (SSSR count). The van der Waals surface area contributed by atoms with Crippen molar-refractivity contribution in [2.75, 3.05) is 26.2 Å². The van der Waals surface area contributed by atoms with Crippen LogP contribution in [0.15, 0.2) is 0 Å². The van der Waals surface area contributed by atoms with Crippen LogP contribution in [0.3, 0.4) is 0 Å². The lowest BCUT2D eigenvalue weighted by molar-refractivity contribution is -0.249. The molecule has 2 N–H and O–H groups in total. The first-order valence-electron chi connectivity index (χ1n) is 19.8. The van der Waals surface area contributed by atoms with Crippen molar-refractivity contribution in [3.63, 3.8) is 0 Å². The second-order valence-corrected chi connectivity index (χ2v) is 21.0. The number of esters is 1. The van der Waals surface area contributed by atoms with Crippen molar-refractivity contribution < 1.29 is 34.0 Å². The van der Waals surface area contributed by atoms with E-state index in [9.17, 15) is 15.0 Å². The predicted octanol–water partition coefficient (Wildman–Crippen LogP) is 6.59. The van der Waals surface area contributed by atoms with Gasteiger partial charge in [-0.2, -0.15) is 0 Å². The van der Waals surface area contributed by atoms with E-state index in [-0.39, 0.29) is 57.4 Å². The fourth-order valence-electron chi connectivity index (χ4n) is 14.4. The van der Waals surface area contributed by atoms with Crippen LogP contribution in [-0.2, 0) is 23.7 Å². The molecule has 1 unspecified atom stereocenters. The molecule has 7 fully saturated rings. The minimum absolute atomic E-state index is 0.0489. The molecule has 5 aliphatic carbocycles. The molecular formula is C41H69NO7. The molecule has 8 nitrogen and oxygen atoms in total. The Morgan fingerprint density at radius 3 is 2.33 bits per heavy atom. The third-order valence-corrected chi connectivity index (χ3v) is 16.2. The lowest BCUT2D eigenvalue weighted by Crippen LogP contribution is -2.60. The van der Waals surface area contributed by atoms with E-state index in [1.54, 1.807) is 13.8 Å². The number of morpholine rings is 1. The summed E-state index contributed by atoms with van der Waals surface area (Å²) in [6.07, 6.45) is 6.81. The van der Waals surface area contributed by atoms with Crippen molar-refractivity contribution >= 4 is 5.97 Å². The minimum Gasteiger partial charge on any atom is -0.457 e. The van der Waals surface area contributed by atoms with E-state index in [4.69, 9.17) is 18.9 Å². The summed E-state index contributed by atoms with van der Waals surface area (Å²) in [6.45, 7) is 27.5. The van der Waals surface area contributed by atoms with Gasteiger partial charge in [-0.15, -0.1) is 0 Å². The lowest BCUT2D eigenvalue weighted by Gasteiger charge is -2.64. The standard InChI is InChI=1S/C41H69NO7/c1-24-20-26(34(37(8,9)45)47-25(2)43)48-32-31(24)38(10)16-17-41-22-40(41)15-14-29(49-30-21-42(18-19-46-30)23-35(3,4)5)36(6,7)27(40)12-13-28(41)39(38,11)33(32)44/h24,26-34,44-45H,12-23H2,1-11H3/t24-,26-,27+,28+,29+,30+,31?,32+,33+,34+,38-,39-,40-,41+/m1/s1. The van der Waals surface area contributed by atoms with Gasteiger partial charge in [-0.1, -0.05) is 55.4 Å². The number of rotatable bonds is 6. The second kappa shape index (κ2) is 11.6. The van der Waals surface area contributed by atoms with Gasteiger partial charge in [0.15, 0.2) is 12.4 Å². The second-order valence-electron chi connectivity index (χ2n) is 21.0. The van der Waals surface area contributed by atoms with Crippen LogP contribution in [0.4, 0.5) is 0 Å². The molecule has 0 aromatic rings. The van der Waals surface area contributed by atoms with Crippen LogP contribution < -0.4 is 0 Å². The maximum absolute atomic E-state index is 12.6. The number of carbonyl (C=O) groups is 1. The number of aliphatic hydroxyl groups is 2. The summed E-state index contributed by atoms with van der Waals surface area (Å²) in [6, 6.07) is 0. The summed E-state index contributed by atoms with van der Waals surface area (Å²) in [7, 11) is 0. The topological polar surface area (TPSA) is 97.7 Å². The Morgan fingerprint density at radius 2 is 1.67 bits per heavy atom. The van der Waals surface area contributed by atoms with Gasteiger partial charge in [0, 0.05) is 32.0 Å². The van der Waals surface area contributed by atoms with Crippen molar-refractivity contribution in [3.8, 4) is 0 Å². The quantitative estimate of drug-likeness (QED) is 0.302. The van der Waals surface area contributed by atoms with Crippen LogP contribution in [0.2, 0.25) is 0 Å². The van der Waals surface area contributed by atoms with E-state index in [0.717, 1.165) is 45.5 Å². The van der Waals surface area contributed by atoms with Gasteiger partial charge in [0.2, 0.25) is 0 Å². The Morgan fingerprint density at radius 1 is 1.00 bits per heavy atom. The van der Waals surface area contributed by atoms with E-state index in [0.29, 0.717) is 23.7 Å².